The van der Waals surface area contributed by atoms with Gasteiger partial charge in [-0.3, -0.25) is 4.79 Å². The van der Waals surface area contributed by atoms with E-state index < -0.39 is 10.0 Å². The van der Waals surface area contributed by atoms with Crippen molar-refractivity contribution >= 4 is 15.9 Å². The molecule has 1 heterocycles. The van der Waals surface area contributed by atoms with Crippen LogP contribution in [0.1, 0.15) is 50.1 Å². The average Bonchev–Trinajstić information content (AvgIpc) is 2.74. The Morgan fingerprint density at radius 3 is 2.47 bits per heavy atom. The smallest absolute Gasteiger partial charge is 0.243 e. The van der Waals surface area contributed by atoms with Crippen LogP contribution >= 0.6 is 0 Å². The first kappa shape index (κ1) is 20.9. The third kappa shape index (κ3) is 4.23. The number of benzene rings is 2. The standard InChI is InChI=1S/C23H28N2O4S/c1-25(30(27,28)18-10-4-2-5-11-18)17-22(26)24-20-16-23(14-8-3-9-15-23)29-21-13-7-6-12-19(20)21/h2,4-7,10-13,20H,3,8-9,14-17H2,1H3,(H,24,26). The number of fused-ring (bicyclic) bond motifs is 1. The minimum atomic E-state index is -3.71. The SMILES string of the molecule is CN(CC(=O)NC1CC2(CCCCC2)Oc2ccccc21)S(=O)(=O)c1ccccc1. The van der Waals surface area contributed by atoms with E-state index in [4.69, 9.17) is 4.74 Å². The Kier molecular flexibility index (Phi) is 5.84. The molecule has 4 rings (SSSR count). The molecule has 6 nitrogen and oxygen atoms in total. The predicted octanol–water partition coefficient (Wildman–Crippen LogP) is 3.65. The Bertz CT molecular complexity index is 1000. The Morgan fingerprint density at radius 2 is 1.73 bits per heavy atom. The second-order valence-electron chi connectivity index (χ2n) is 8.28. The molecule has 0 bridgehead atoms. The van der Waals surface area contributed by atoms with Crippen molar-refractivity contribution in [2.45, 2.75) is 55.1 Å². The summed E-state index contributed by atoms with van der Waals surface area (Å²) in [7, 11) is -2.28. The van der Waals surface area contributed by atoms with Gasteiger partial charge in [-0.2, -0.15) is 4.31 Å². The van der Waals surface area contributed by atoms with Crippen molar-refractivity contribution in [2.75, 3.05) is 13.6 Å². The normalized spacial score (nSPS) is 20.4. The van der Waals surface area contributed by atoms with Crippen LogP contribution in [0, 0.1) is 0 Å². The minimum absolute atomic E-state index is 0.179. The number of rotatable bonds is 5. The zero-order valence-corrected chi connectivity index (χ0v) is 18.0. The number of carbonyl (C=O) groups excluding carboxylic acids is 1. The van der Waals surface area contributed by atoms with Crippen LogP contribution < -0.4 is 10.1 Å². The number of carbonyl (C=O) groups is 1. The quantitative estimate of drug-likeness (QED) is 0.789. The third-order valence-corrected chi connectivity index (χ3v) is 7.93. The van der Waals surface area contributed by atoms with Gasteiger partial charge in [-0.25, -0.2) is 8.42 Å². The zero-order valence-electron chi connectivity index (χ0n) is 17.2. The van der Waals surface area contributed by atoms with E-state index >= 15 is 0 Å². The topological polar surface area (TPSA) is 75.7 Å². The number of ether oxygens (including phenoxy) is 1. The average molecular weight is 429 g/mol. The van der Waals surface area contributed by atoms with E-state index in [1.165, 1.54) is 25.6 Å². The van der Waals surface area contributed by atoms with Crippen LogP contribution in [0.25, 0.3) is 0 Å². The van der Waals surface area contributed by atoms with Gasteiger partial charge in [-0.1, -0.05) is 42.8 Å². The number of hydrogen-bond donors (Lipinski definition) is 1. The molecular formula is C23H28N2O4S. The van der Waals surface area contributed by atoms with Crippen LogP contribution in [0.5, 0.6) is 5.75 Å². The molecule has 0 saturated heterocycles. The van der Waals surface area contributed by atoms with Crippen LogP contribution in [-0.4, -0.2) is 37.8 Å². The van der Waals surface area contributed by atoms with Gasteiger partial charge in [0.2, 0.25) is 15.9 Å². The number of likely N-dealkylation sites (N-methyl/N-ethyl adjacent to an activating group) is 1. The molecule has 1 fully saturated rings. The van der Waals surface area contributed by atoms with Gasteiger partial charge < -0.3 is 10.1 Å². The first-order valence-corrected chi connectivity index (χ1v) is 11.9. The molecule has 1 aliphatic heterocycles. The monoisotopic (exact) mass is 428 g/mol. The fourth-order valence-corrected chi connectivity index (χ4v) is 5.70. The summed E-state index contributed by atoms with van der Waals surface area (Å²) in [5.74, 6) is 0.505. The van der Waals surface area contributed by atoms with Crippen molar-refractivity contribution in [3.05, 3.63) is 60.2 Å². The lowest BCUT2D eigenvalue weighted by atomic mass is 9.77. The van der Waals surface area contributed by atoms with Crippen molar-refractivity contribution in [1.82, 2.24) is 9.62 Å². The van der Waals surface area contributed by atoms with E-state index in [-0.39, 0.29) is 29.0 Å². The second kappa shape index (κ2) is 8.40. The molecule has 2 aliphatic rings. The first-order valence-electron chi connectivity index (χ1n) is 10.5. The summed E-state index contributed by atoms with van der Waals surface area (Å²) in [5, 5.41) is 3.08. The maximum Gasteiger partial charge on any atom is 0.243 e. The Hall–Kier alpha value is -2.38. The highest BCUT2D eigenvalue weighted by Gasteiger charge is 2.42. The van der Waals surface area contributed by atoms with Gasteiger partial charge in [0.15, 0.2) is 0 Å². The lowest BCUT2D eigenvalue weighted by Gasteiger charge is -2.44. The first-order chi connectivity index (χ1) is 14.4. The van der Waals surface area contributed by atoms with E-state index in [2.05, 4.69) is 5.32 Å². The largest absolute Gasteiger partial charge is 0.487 e. The predicted molar refractivity (Wildman–Crippen MR) is 115 cm³/mol. The summed E-state index contributed by atoms with van der Waals surface area (Å²) in [4.78, 5) is 13.0. The highest BCUT2D eigenvalue weighted by Crippen LogP contribution is 2.46. The zero-order chi connectivity index (χ0) is 21.2. The van der Waals surface area contributed by atoms with Gasteiger partial charge in [-0.05, 0) is 43.9 Å². The molecule has 0 radical (unpaired) electrons. The number of nitrogens with zero attached hydrogens (tertiary/aromatic N) is 1. The maximum absolute atomic E-state index is 12.8. The van der Waals surface area contributed by atoms with E-state index in [0.717, 1.165) is 41.3 Å². The highest BCUT2D eigenvalue weighted by molar-refractivity contribution is 7.89. The molecule has 1 aliphatic carbocycles. The molecular weight excluding hydrogens is 400 g/mol. The number of hydrogen-bond acceptors (Lipinski definition) is 4. The van der Waals surface area contributed by atoms with Crippen molar-refractivity contribution in [3.8, 4) is 5.75 Å². The van der Waals surface area contributed by atoms with E-state index in [9.17, 15) is 13.2 Å². The molecule has 30 heavy (non-hydrogen) atoms. The number of nitrogens with one attached hydrogen (secondary N) is 1. The van der Waals surface area contributed by atoms with Crippen LogP contribution in [0.4, 0.5) is 0 Å². The molecule has 7 heteroatoms. The van der Waals surface area contributed by atoms with E-state index in [0.29, 0.717) is 6.42 Å². The summed E-state index contributed by atoms with van der Waals surface area (Å²) < 4.78 is 33.0. The third-order valence-electron chi connectivity index (χ3n) is 6.11. The Labute approximate surface area is 178 Å². The maximum atomic E-state index is 12.8. The molecule has 1 amide bonds. The molecule has 0 aromatic heterocycles. The number of para-hydroxylation sites is 1. The molecule has 1 saturated carbocycles. The van der Waals surface area contributed by atoms with Gasteiger partial charge in [0, 0.05) is 19.0 Å². The fourth-order valence-electron chi connectivity index (χ4n) is 4.55. The Morgan fingerprint density at radius 1 is 1.07 bits per heavy atom. The summed E-state index contributed by atoms with van der Waals surface area (Å²) in [6.45, 7) is -0.232. The summed E-state index contributed by atoms with van der Waals surface area (Å²) in [5.41, 5.74) is 0.711. The van der Waals surface area contributed by atoms with E-state index in [1.807, 2.05) is 24.3 Å². The molecule has 160 valence electrons. The molecule has 1 spiro atoms. The van der Waals surface area contributed by atoms with Crippen molar-refractivity contribution < 1.29 is 17.9 Å². The highest BCUT2D eigenvalue weighted by atomic mass is 32.2. The van der Waals surface area contributed by atoms with Gasteiger partial charge in [0.25, 0.3) is 0 Å². The number of amides is 1. The fraction of sp³-hybridized carbons (Fsp3) is 0.435. The van der Waals surface area contributed by atoms with Gasteiger partial charge in [0.05, 0.1) is 17.5 Å². The van der Waals surface area contributed by atoms with Crippen molar-refractivity contribution in [3.63, 3.8) is 0 Å². The van der Waals surface area contributed by atoms with E-state index in [1.54, 1.807) is 18.2 Å². The Balaban J connectivity index is 1.49. The molecule has 2 aromatic rings. The van der Waals surface area contributed by atoms with Crippen molar-refractivity contribution in [2.24, 2.45) is 0 Å². The molecule has 1 atom stereocenters. The summed E-state index contributed by atoms with van der Waals surface area (Å²) >= 11 is 0. The molecule has 1 unspecified atom stereocenters. The van der Waals surface area contributed by atoms with Crippen LogP contribution in [0.2, 0.25) is 0 Å². The lowest BCUT2D eigenvalue weighted by molar-refractivity contribution is -0.122. The van der Waals surface area contributed by atoms with Gasteiger partial charge in [-0.15, -0.1) is 0 Å². The van der Waals surface area contributed by atoms with Gasteiger partial charge in [0.1, 0.15) is 11.4 Å². The summed E-state index contributed by atoms with van der Waals surface area (Å²) in [6, 6.07) is 15.8. The van der Waals surface area contributed by atoms with Gasteiger partial charge >= 0.3 is 0 Å². The minimum Gasteiger partial charge on any atom is -0.487 e. The number of sulfonamides is 1. The van der Waals surface area contributed by atoms with Crippen LogP contribution in [0.15, 0.2) is 59.5 Å². The van der Waals surface area contributed by atoms with Crippen molar-refractivity contribution in [1.29, 1.82) is 0 Å². The summed E-state index contributed by atoms with van der Waals surface area (Å²) in [6.07, 6.45) is 6.14. The molecule has 1 N–H and O–H groups in total. The van der Waals surface area contributed by atoms with Crippen LogP contribution in [0.3, 0.4) is 0 Å². The molecule has 2 aromatic carbocycles. The lowest BCUT2D eigenvalue weighted by Crippen LogP contribution is -2.48. The second-order valence-corrected chi connectivity index (χ2v) is 10.3. The van der Waals surface area contributed by atoms with Crippen LogP contribution in [-0.2, 0) is 14.8 Å².